The second-order valence-corrected chi connectivity index (χ2v) is 0. The van der Waals surface area contributed by atoms with Crippen LogP contribution in [0.15, 0.2) is 0 Å². The molecule has 0 aliphatic carbocycles. The molecule has 0 amide bonds. The second-order valence-electron chi connectivity index (χ2n) is 0. The molecule has 0 heterocycles. The predicted molar refractivity (Wildman–Crippen MR) is 5.84 cm³/mol. The smallest absolute Gasteiger partial charge is 1.00 e. The van der Waals surface area contributed by atoms with Gasteiger partial charge in [-0.05, 0) is 0 Å². The summed E-state index contributed by atoms with van der Waals surface area (Å²) in [5, 5.41) is 0. The molecule has 0 aromatic rings. The van der Waals surface area contributed by atoms with Crippen molar-refractivity contribution in [3.05, 3.63) is 0 Å². The van der Waals surface area contributed by atoms with Gasteiger partial charge < -0.3 is 8.33 Å². The van der Waals surface area contributed by atoms with Gasteiger partial charge in [0.25, 0.3) is 0 Å². The van der Waals surface area contributed by atoms with Gasteiger partial charge in [0.1, 0.15) is 0 Å². The van der Waals surface area contributed by atoms with Gasteiger partial charge >= 0.3 is 48.4 Å². The third-order valence-corrected chi connectivity index (χ3v) is 0. The zero-order valence-electron chi connectivity index (χ0n) is 5.21. The molecule has 0 saturated carbocycles. The van der Waals surface area contributed by atoms with Gasteiger partial charge in [-0.15, -0.1) is 0 Å². The fraction of sp³-hybridized carbons (Fsp3) is 0. The van der Waals surface area contributed by atoms with Gasteiger partial charge in [-0.3, -0.25) is 0 Å². The SMILES string of the molecule is O.[H-].[H-].[Li+].[Na+].[Zn]. The molecular weight excluding hydrogens is 111 g/mol. The molecule has 14 valence electrons. The number of hydrogen-bond donors (Lipinski definition) is 0. The third kappa shape index (κ3) is 8.89. The van der Waals surface area contributed by atoms with Crippen LogP contribution < -0.4 is 48.4 Å². The molecule has 0 bridgehead atoms. The molecule has 0 spiro atoms. The normalized spacial score (nSPS) is 0. The van der Waals surface area contributed by atoms with Crippen molar-refractivity contribution in [1.29, 1.82) is 0 Å². The maximum absolute atomic E-state index is 0. The van der Waals surface area contributed by atoms with Crippen LogP contribution in [0.2, 0.25) is 0 Å². The number of rotatable bonds is 0. The second kappa shape index (κ2) is 19.0. The summed E-state index contributed by atoms with van der Waals surface area (Å²) >= 11 is 0. The van der Waals surface area contributed by atoms with Gasteiger partial charge in [-0.2, -0.15) is 0 Å². The van der Waals surface area contributed by atoms with Crippen molar-refractivity contribution in [2.24, 2.45) is 0 Å². The average molecular weight is 115 g/mol. The molecule has 0 unspecified atom stereocenters. The summed E-state index contributed by atoms with van der Waals surface area (Å²) in [6, 6.07) is 0. The van der Waals surface area contributed by atoms with Crippen molar-refractivity contribution < 1.29 is 76.2 Å². The van der Waals surface area contributed by atoms with Gasteiger partial charge in [-0.1, -0.05) is 0 Å². The molecule has 0 fully saturated rings. The van der Waals surface area contributed by atoms with Gasteiger partial charge in [0.2, 0.25) is 0 Å². The van der Waals surface area contributed by atoms with Crippen LogP contribution in [0, 0.1) is 0 Å². The summed E-state index contributed by atoms with van der Waals surface area (Å²) in [4.78, 5) is 0. The first-order valence-corrected chi connectivity index (χ1v) is 0. The minimum atomic E-state index is 0. The Hall–Kier alpha value is 2.18. The molecule has 0 saturated heterocycles. The quantitative estimate of drug-likeness (QED) is 0.281. The van der Waals surface area contributed by atoms with Crippen molar-refractivity contribution >= 4 is 0 Å². The van der Waals surface area contributed by atoms with Crippen LogP contribution in [-0.4, -0.2) is 5.48 Å². The fourth-order valence-corrected chi connectivity index (χ4v) is 0. The predicted octanol–water partition coefficient (Wildman–Crippen LogP) is -6.59. The van der Waals surface area contributed by atoms with Gasteiger partial charge in [0.15, 0.2) is 0 Å². The first kappa shape index (κ1) is 34.9. The summed E-state index contributed by atoms with van der Waals surface area (Å²) < 4.78 is 0. The molecule has 0 aliphatic heterocycles. The van der Waals surface area contributed by atoms with Crippen LogP contribution in [0.4, 0.5) is 0 Å². The minimum absolute atomic E-state index is 0. The minimum Gasteiger partial charge on any atom is -1.00 e. The summed E-state index contributed by atoms with van der Waals surface area (Å²) in [5.74, 6) is 0. The zero-order chi connectivity index (χ0) is 0. The molecule has 0 radical (unpaired) electrons. The molecule has 0 atom stereocenters. The van der Waals surface area contributed by atoms with Crippen molar-refractivity contribution in [3.8, 4) is 0 Å². The molecule has 4 heavy (non-hydrogen) atoms. The van der Waals surface area contributed by atoms with Crippen LogP contribution in [0.1, 0.15) is 2.85 Å². The van der Waals surface area contributed by atoms with E-state index in [2.05, 4.69) is 0 Å². The van der Waals surface area contributed by atoms with E-state index in [0.717, 1.165) is 0 Å². The molecule has 0 aromatic carbocycles. The van der Waals surface area contributed by atoms with E-state index < -0.39 is 0 Å². The Morgan fingerprint density at radius 1 is 1.25 bits per heavy atom. The standard InChI is InChI=1S/Li.Na.H2O.Zn.2H/h;;1H2;;;/q2*+1;;;2*-1. The molecule has 4 heteroatoms. The summed E-state index contributed by atoms with van der Waals surface area (Å²) in [6.45, 7) is 0. The first-order chi connectivity index (χ1) is 0. The summed E-state index contributed by atoms with van der Waals surface area (Å²) in [6.07, 6.45) is 0. The van der Waals surface area contributed by atoms with E-state index >= 15 is 0 Å². The Morgan fingerprint density at radius 2 is 1.25 bits per heavy atom. The van der Waals surface area contributed by atoms with Crippen molar-refractivity contribution in [2.45, 2.75) is 0 Å². The van der Waals surface area contributed by atoms with Gasteiger partial charge in [0, 0.05) is 19.5 Å². The van der Waals surface area contributed by atoms with E-state index in [1.165, 1.54) is 0 Å². The van der Waals surface area contributed by atoms with Gasteiger partial charge in [0.05, 0.1) is 0 Å². The Balaban J connectivity index is 0. The largest absolute Gasteiger partial charge is 1.00 e. The van der Waals surface area contributed by atoms with E-state index in [0.29, 0.717) is 0 Å². The van der Waals surface area contributed by atoms with E-state index in [1.807, 2.05) is 0 Å². The maximum Gasteiger partial charge on any atom is 1.00 e. The average Bonchev–Trinajstić information content (AvgIpc) is 0. The topological polar surface area (TPSA) is 31.5 Å². The monoisotopic (exact) mass is 114 g/mol. The molecule has 2 N–H and O–H groups in total. The molecule has 0 aromatic heterocycles. The van der Waals surface area contributed by atoms with Crippen molar-refractivity contribution in [1.82, 2.24) is 0 Å². The van der Waals surface area contributed by atoms with E-state index in [9.17, 15) is 0 Å². The van der Waals surface area contributed by atoms with Crippen LogP contribution in [-0.2, 0) is 19.5 Å². The molecule has 0 rings (SSSR count). The Morgan fingerprint density at radius 3 is 1.25 bits per heavy atom. The zero-order valence-corrected chi connectivity index (χ0v) is 8.17. The summed E-state index contributed by atoms with van der Waals surface area (Å²) in [5.41, 5.74) is 0. The van der Waals surface area contributed by atoms with Gasteiger partial charge in [-0.25, -0.2) is 0 Å². The fourth-order valence-electron chi connectivity index (χ4n) is 0. The van der Waals surface area contributed by atoms with E-state index in [-0.39, 0.29) is 76.2 Å². The first-order valence-electron chi connectivity index (χ1n) is 0. The molecule has 0 aliphatic rings. The van der Waals surface area contributed by atoms with Crippen molar-refractivity contribution in [2.75, 3.05) is 0 Å². The maximum atomic E-state index is 0. The Bertz CT molecular complexity index is 13.5. The van der Waals surface area contributed by atoms with Crippen LogP contribution in [0.25, 0.3) is 0 Å². The van der Waals surface area contributed by atoms with Crippen LogP contribution in [0.3, 0.4) is 0 Å². The molecule has 1 nitrogen and oxygen atoms in total. The van der Waals surface area contributed by atoms with Crippen LogP contribution in [0.5, 0.6) is 0 Å². The Labute approximate surface area is 75.4 Å². The van der Waals surface area contributed by atoms with E-state index in [4.69, 9.17) is 0 Å². The van der Waals surface area contributed by atoms with E-state index in [1.54, 1.807) is 0 Å². The summed E-state index contributed by atoms with van der Waals surface area (Å²) in [7, 11) is 0. The Kier molecular flexibility index (Phi) is 166. The van der Waals surface area contributed by atoms with Crippen LogP contribution >= 0.6 is 0 Å². The van der Waals surface area contributed by atoms with Crippen molar-refractivity contribution in [3.63, 3.8) is 0 Å². The number of hydrogen-bond acceptors (Lipinski definition) is 0. The molecular formula is H4LiNaOZn. The third-order valence-electron chi connectivity index (χ3n) is 0.